The van der Waals surface area contributed by atoms with Crippen LogP contribution in [0.4, 0.5) is 13.2 Å². The fraction of sp³-hybridized carbons (Fsp3) is 0.238. The SMILES string of the molecule is COc1ccc(C(=O)N=c2scc(-c3ccc(OC(F)(F)F)cc3)n2CCCN)cc1. The fourth-order valence-corrected chi connectivity index (χ4v) is 3.76. The van der Waals surface area contributed by atoms with Gasteiger partial charge in [0.2, 0.25) is 0 Å². The Balaban J connectivity index is 1.93. The first-order chi connectivity index (χ1) is 14.8. The third-order valence-electron chi connectivity index (χ3n) is 4.30. The molecule has 0 radical (unpaired) electrons. The van der Waals surface area contributed by atoms with Gasteiger partial charge in [-0.25, -0.2) is 0 Å². The lowest BCUT2D eigenvalue weighted by atomic mass is 10.1. The molecule has 2 aromatic carbocycles. The number of nitrogens with zero attached hydrogens (tertiary/aromatic N) is 2. The maximum atomic E-state index is 12.6. The molecule has 0 unspecified atom stereocenters. The average Bonchev–Trinajstić information content (AvgIpc) is 3.14. The van der Waals surface area contributed by atoms with Crippen LogP contribution in [0.1, 0.15) is 16.8 Å². The highest BCUT2D eigenvalue weighted by molar-refractivity contribution is 7.07. The Labute approximate surface area is 180 Å². The van der Waals surface area contributed by atoms with Gasteiger partial charge in [0, 0.05) is 17.5 Å². The van der Waals surface area contributed by atoms with Crippen molar-refractivity contribution < 1.29 is 27.4 Å². The van der Waals surface area contributed by atoms with E-state index in [2.05, 4.69) is 9.73 Å². The zero-order valence-corrected chi connectivity index (χ0v) is 17.4. The Morgan fingerprint density at radius 3 is 2.32 bits per heavy atom. The maximum absolute atomic E-state index is 12.6. The van der Waals surface area contributed by atoms with Crippen LogP contribution in [0.3, 0.4) is 0 Å². The number of alkyl halides is 3. The molecule has 0 spiro atoms. The van der Waals surface area contributed by atoms with Gasteiger partial charge in [0.15, 0.2) is 4.80 Å². The largest absolute Gasteiger partial charge is 0.573 e. The molecule has 0 aliphatic rings. The molecule has 0 bridgehead atoms. The lowest BCUT2D eigenvalue weighted by Gasteiger charge is -2.11. The van der Waals surface area contributed by atoms with E-state index in [0.29, 0.717) is 41.2 Å². The van der Waals surface area contributed by atoms with E-state index in [1.807, 2.05) is 4.57 Å². The predicted molar refractivity (Wildman–Crippen MR) is 111 cm³/mol. The molecule has 1 heterocycles. The molecule has 3 rings (SSSR count). The molecule has 2 N–H and O–H groups in total. The van der Waals surface area contributed by atoms with E-state index in [9.17, 15) is 18.0 Å². The first-order valence-corrected chi connectivity index (χ1v) is 10.2. The lowest BCUT2D eigenvalue weighted by molar-refractivity contribution is -0.274. The number of halogens is 3. The summed E-state index contributed by atoms with van der Waals surface area (Å²) in [6.45, 7) is 0.942. The van der Waals surface area contributed by atoms with Crippen LogP contribution in [-0.2, 0) is 6.54 Å². The number of hydrogen-bond donors (Lipinski definition) is 1. The minimum atomic E-state index is -4.75. The molecule has 0 aliphatic heterocycles. The summed E-state index contributed by atoms with van der Waals surface area (Å²) in [5.74, 6) is -0.0861. The van der Waals surface area contributed by atoms with Crippen molar-refractivity contribution in [2.75, 3.05) is 13.7 Å². The molecule has 164 valence electrons. The number of methoxy groups -OCH3 is 1. The van der Waals surface area contributed by atoms with Gasteiger partial charge >= 0.3 is 6.36 Å². The minimum Gasteiger partial charge on any atom is -0.497 e. The van der Waals surface area contributed by atoms with Crippen LogP contribution in [-0.4, -0.2) is 30.5 Å². The highest BCUT2D eigenvalue weighted by atomic mass is 32.1. The summed E-state index contributed by atoms with van der Waals surface area (Å²) in [6.07, 6.45) is -4.11. The van der Waals surface area contributed by atoms with E-state index in [1.165, 1.54) is 42.7 Å². The molecule has 6 nitrogen and oxygen atoms in total. The minimum absolute atomic E-state index is 0.306. The third kappa shape index (κ3) is 5.96. The lowest BCUT2D eigenvalue weighted by Crippen LogP contribution is -2.20. The summed E-state index contributed by atoms with van der Waals surface area (Å²) in [4.78, 5) is 17.3. The van der Waals surface area contributed by atoms with Gasteiger partial charge in [0.1, 0.15) is 11.5 Å². The number of nitrogens with two attached hydrogens (primary N) is 1. The molecule has 10 heteroatoms. The van der Waals surface area contributed by atoms with Crippen molar-refractivity contribution in [1.82, 2.24) is 4.57 Å². The van der Waals surface area contributed by atoms with Gasteiger partial charge < -0.3 is 19.8 Å². The van der Waals surface area contributed by atoms with Crippen molar-refractivity contribution in [3.05, 3.63) is 64.3 Å². The van der Waals surface area contributed by atoms with Crippen molar-refractivity contribution in [1.29, 1.82) is 0 Å². The summed E-state index contributed by atoms with van der Waals surface area (Å²) < 4.78 is 48.0. The first-order valence-electron chi connectivity index (χ1n) is 9.28. The van der Waals surface area contributed by atoms with E-state index in [1.54, 1.807) is 29.6 Å². The number of hydrogen-bond acceptors (Lipinski definition) is 5. The van der Waals surface area contributed by atoms with E-state index in [0.717, 1.165) is 5.69 Å². The molecule has 31 heavy (non-hydrogen) atoms. The van der Waals surface area contributed by atoms with Crippen LogP contribution in [0.5, 0.6) is 11.5 Å². The van der Waals surface area contributed by atoms with Gasteiger partial charge in [-0.15, -0.1) is 24.5 Å². The predicted octanol–water partition coefficient (Wildman–Crippen LogP) is 4.21. The molecule has 3 aromatic rings. The summed E-state index contributed by atoms with van der Waals surface area (Å²) in [7, 11) is 1.54. The summed E-state index contributed by atoms with van der Waals surface area (Å²) >= 11 is 1.27. The monoisotopic (exact) mass is 451 g/mol. The second-order valence-corrected chi connectivity index (χ2v) is 7.25. The van der Waals surface area contributed by atoms with Gasteiger partial charge in [0.05, 0.1) is 12.8 Å². The Bertz CT molecular complexity index is 1090. The summed E-state index contributed by atoms with van der Waals surface area (Å²) in [5, 5.41) is 1.80. The van der Waals surface area contributed by atoms with Crippen LogP contribution >= 0.6 is 11.3 Å². The first kappa shape index (κ1) is 22.6. The number of ether oxygens (including phenoxy) is 2. The van der Waals surface area contributed by atoms with E-state index >= 15 is 0 Å². The number of amides is 1. The van der Waals surface area contributed by atoms with Crippen LogP contribution in [0.15, 0.2) is 58.9 Å². The van der Waals surface area contributed by atoms with E-state index in [4.69, 9.17) is 10.5 Å². The summed E-state index contributed by atoms with van der Waals surface area (Å²) in [6, 6.07) is 12.1. The molecule has 1 amide bonds. The van der Waals surface area contributed by atoms with E-state index in [-0.39, 0.29) is 5.75 Å². The molecular weight excluding hydrogens is 431 g/mol. The zero-order valence-electron chi connectivity index (χ0n) is 16.6. The second kappa shape index (κ2) is 9.80. The number of benzene rings is 2. The molecule has 0 saturated carbocycles. The topological polar surface area (TPSA) is 78.8 Å². The molecule has 0 fully saturated rings. The Hall–Kier alpha value is -3.11. The smallest absolute Gasteiger partial charge is 0.497 e. The highest BCUT2D eigenvalue weighted by Crippen LogP contribution is 2.27. The highest BCUT2D eigenvalue weighted by Gasteiger charge is 2.31. The van der Waals surface area contributed by atoms with Crippen molar-refractivity contribution in [2.45, 2.75) is 19.3 Å². The quantitative estimate of drug-likeness (QED) is 0.584. The normalized spacial score (nSPS) is 12.1. The van der Waals surface area contributed by atoms with Crippen LogP contribution in [0.2, 0.25) is 0 Å². The zero-order chi connectivity index (χ0) is 22.4. The molecular formula is C21H20F3N3O3S. The van der Waals surface area contributed by atoms with Crippen LogP contribution in [0.25, 0.3) is 11.3 Å². The maximum Gasteiger partial charge on any atom is 0.573 e. The van der Waals surface area contributed by atoms with Gasteiger partial charge in [0.25, 0.3) is 5.91 Å². The van der Waals surface area contributed by atoms with Crippen LogP contribution in [0, 0.1) is 0 Å². The Kier molecular flexibility index (Phi) is 7.13. The van der Waals surface area contributed by atoms with Crippen LogP contribution < -0.4 is 20.0 Å². The van der Waals surface area contributed by atoms with Gasteiger partial charge in [-0.05, 0) is 67.1 Å². The average molecular weight is 451 g/mol. The van der Waals surface area contributed by atoms with Crippen molar-refractivity contribution in [2.24, 2.45) is 10.7 Å². The molecule has 1 aromatic heterocycles. The number of aromatic nitrogens is 1. The number of carbonyl (C=O) groups excluding carboxylic acids is 1. The second-order valence-electron chi connectivity index (χ2n) is 6.42. The number of carbonyl (C=O) groups is 1. The van der Waals surface area contributed by atoms with Gasteiger partial charge in [-0.2, -0.15) is 4.99 Å². The summed E-state index contributed by atoms with van der Waals surface area (Å²) in [5.41, 5.74) is 7.44. The molecule has 0 atom stereocenters. The van der Waals surface area contributed by atoms with Crippen molar-refractivity contribution >= 4 is 17.2 Å². The fourth-order valence-electron chi connectivity index (χ4n) is 2.83. The van der Waals surface area contributed by atoms with Crippen molar-refractivity contribution in [3.8, 4) is 22.8 Å². The van der Waals surface area contributed by atoms with Gasteiger partial charge in [-0.1, -0.05) is 0 Å². The number of thiazole rings is 1. The Morgan fingerprint density at radius 2 is 1.74 bits per heavy atom. The number of rotatable bonds is 7. The third-order valence-corrected chi connectivity index (χ3v) is 5.16. The van der Waals surface area contributed by atoms with Crippen molar-refractivity contribution in [3.63, 3.8) is 0 Å². The van der Waals surface area contributed by atoms with Gasteiger partial charge in [-0.3, -0.25) is 4.79 Å². The van der Waals surface area contributed by atoms with E-state index < -0.39 is 12.3 Å². The molecule has 0 saturated heterocycles. The Morgan fingerprint density at radius 1 is 1.10 bits per heavy atom. The molecule has 0 aliphatic carbocycles. The standard InChI is InChI=1S/C21H20F3N3O3S/c1-29-16-7-5-15(6-8-16)19(28)26-20-27(12-2-11-25)18(13-31-20)14-3-9-17(10-4-14)30-21(22,23)24/h3-10,13H,2,11-12,25H2,1H3.